The van der Waals surface area contributed by atoms with E-state index >= 15 is 0 Å². The first-order chi connectivity index (χ1) is 9.30. The van der Waals surface area contributed by atoms with Gasteiger partial charge in [0.2, 0.25) is 12.2 Å². The molecule has 0 heterocycles. The number of isocyanates is 2. The first kappa shape index (κ1) is 15.8. The molecule has 0 aromatic rings. The molecule has 1 aliphatic carbocycles. The molecule has 0 aromatic heterocycles. The molecule has 4 heteroatoms. The Morgan fingerprint density at radius 2 is 1.84 bits per heavy atom. The van der Waals surface area contributed by atoms with E-state index in [-0.39, 0.29) is 12.1 Å². The molecule has 0 N–H and O–H groups in total. The maximum absolute atomic E-state index is 10.2. The fourth-order valence-electron chi connectivity index (χ4n) is 2.88. The molecule has 1 unspecified atom stereocenters. The van der Waals surface area contributed by atoms with Gasteiger partial charge in [-0.15, -0.1) is 0 Å². The van der Waals surface area contributed by atoms with Crippen molar-refractivity contribution in [2.24, 2.45) is 15.9 Å². The third-order valence-corrected chi connectivity index (χ3v) is 4.16. The average molecular weight is 264 g/mol. The van der Waals surface area contributed by atoms with Crippen LogP contribution in [0.15, 0.2) is 9.98 Å². The number of hydrogen-bond acceptors (Lipinski definition) is 4. The van der Waals surface area contributed by atoms with E-state index in [0.29, 0.717) is 0 Å². The molecule has 1 aliphatic rings. The van der Waals surface area contributed by atoms with Gasteiger partial charge >= 0.3 is 0 Å². The predicted molar refractivity (Wildman–Crippen MR) is 74.5 cm³/mol. The molecule has 19 heavy (non-hydrogen) atoms. The molecule has 1 atom stereocenters. The van der Waals surface area contributed by atoms with Gasteiger partial charge in [0, 0.05) is 0 Å². The monoisotopic (exact) mass is 264 g/mol. The second-order valence-electron chi connectivity index (χ2n) is 5.46. The van der Waals surface area contributed by atoms with Crippen LogP contribution >= 0.6 is 0 Å². The minimum atomic E-state index is 0.162. The zero-order valence-electron chi connectivity index (χ0n) is 11.8. The molecule has 0 aromatic carbocycles. The van der Waals surface area contributed by atoms with E-state index < -0.39 is 0 Å². The molecule has 0 spiro atoms. The summed E-state index contributed by atoms with van der Waals surface area (Å²) in [6.45, 7) is 2.06. The summed E-state index contributed by atoms with van der Waals surface area (Å²) in [4.78, 5) is 28.0. The molecular formula is C15H24N2O2. The van der Waals surface area contributed by atoms with Gasteiger partial charge in [0.15, 0.2) is 0 Å². The second kappa shape index (κ2) is 9.66. The first-order valence-electron chi connectivity index (χ1n) is 7.44. The summed E-state index contributed by atoms with van der Waals surface area (Å²) in [7, 11) is 0. The Bertz CT molecular complexity index is 336. The topological polar surface area (TPSA) is 58.9 Å². The standard InChI is InChI=1S/C15H24N2O2/c1-2-14(16-11-18)6-4-3-5-13-7-9-15(10-8-13)17-12-19/h13-15H,2-10H2,1H3. The number of nitrogens with zero attached hydrogens (tertiary/aromatic N) is 2. The summed E-state index contributed by atoms with van der Waals surface area (Å²) < 4.78 is 0. The van der Waals surface area contributed by atoms with Crippen LogP contribution in [0.1, 0.15) is 64.7 Å². The number of rotatable bonds is 8. The molecule has 0 amide bonds. The van der Waals surface area contributed by atoms with Gasteiger partial charge in [0.05, 0.1) is 12.1 Å². The van der Waals surface area contributed by atoms with Crippen molar-refractivity contribution in [3.8, 4) is 0 Å². The maximum Gasteiger partial charge on any atom is 0.235 e. The van der Waals surface area contributed by atoms with Gasteiger partial charge in [-0.2, -0.15) is 0 Å². The third kappa shape index (κ3) is 6.47. The minimum Gasteiger partial charge on any atom is -0.211 e. The molecule has 4 nitrogen and oxygen atoms in total. The van der Waals surface area contributed by atoms with E-state index in [1.807, 2.05) is 0 Å². The number of aliphatic imine (C=N–C) groups is 2. The van der Waals surface area contributed by atoms with Gasteiger partial charge in [-0.3, -0.25) is 0 Å². The SMILES string of the molecule is CCC(CCCCC1CCC(N=C=O)CC1)N=C=O. The van der Waals surface area contributed by atoms with E-state index in [0.717, 1.165) is 38.0 Å². The fraction of sp³-hybridized carbons (Fsp3) is 0.867. The molecule has 1 saturated carbocycles. The Morgan fingerprint density at radius 3 is 2.42 bits per heavy atom. The predicted octanol–water partition coefficient (Wildman–Crippen LogP) is 3.56. The molecule has 0 saturated heterocycles. The van der Waals surface area contributed by atoms with E-state index in [9.17, 15) is 9.59 Å². The van der Waals surface area contributed by atoms with Crippen LogP contribution in [-0.2, 0) is 9.59 Å². The lowest BCUT2D eigenvalue weighted by Gasteiger charge is -2.25. The Labute approximate surface area is 115 Å². The van der Waals surface area contributed by atoms with Crippen molar-refractivity contribution in [2.75, 3.05) is 0 Å². The lowest BCUT2D eigenvalue weighted by molar-refractivity contribution is 0.302. The quantitative estimate of drug-likeness (QED) is 0.382. The first-order valence-corrected chi connectivity index (χ1v) is 7.44. The van der Waals surface area contributed by atoms with Crippen molar-refractivity contribution >= 4 is 12.2 Å². The van der Waals surface area contributed by atoms with E-state index in [1.54, 1.807) is 12.2 Å². The maximum atomic E-state index is 10.2. The largest absolute Gasteiger partial charge is 0.235 e. The second-order valence-corrected chi connectivity index (χ2v) is 5.46. The van der Waals surface area contributed by atoms with E-state index in [4.69, 9.17) is 0 Å². The lowest BCUT2D eigenvalue weighted by atomic mass is 9.83. The van der Waals surface area contributed by atoms with Crippen molar-refractivity contribution in [1.82, 2.24) is 0 Å². The van der Waals surface area contributed by atoms with Crippen molar-refractivity contribution in [3.05, 3.63) is 0 Å². The Kier molecular flexibility index (Phi) is 8.04. The molecule has 1 rings (SSSR count). The van der Waals surface area contributed by atoms with E-state index in [1.165, 1.54) is 25.7 Å². The highest BCUT2D eigenvalue weighted by Gasteiger charge is 2.20. The molecule has 1 fully saturated rings. The smallest absolute Gasteiger partial charge is 0.211 e. The highest BCUT2D eigenvalue weighted by atomic mass is 16.1. The summed E-state index contributed by atoms with van der Waals surface area (Å²) in [5.41, 5.74) is 0. The van der Waals surface area contributed by atoms with E-state index in [2.05, 4.69) is 16.9 Å². The summed E-state index contributed by atoms with van der Waals surface area (Å²) in [5, 5.41) is 0. The fourth-order valence-corrected chi connectivity index (χ4v) is 2.88. The number of hydrogen-bond donors (Lipinski definition) is 0. The molecule has 0 radical (unpaired) electrons. The van der Waals surface area contributed by atoms with Crippen LogP contribution in [0, 0.1) is 5.92 Å². The van der Waals surface area contributed by atoms with Crippen LogP contribution in [0.5, 0.6) is 0 Å². The van der Waals surface area contributed by atoms with Gasteiger partial charge in [-0.1, -0.05) is 26.2 Å². The van der Waals surface area contributed by atoms with Crippen LogP contribution in [0.25, 0.3) is 0 Å². The summed E-state index contributed by atoms with van der Waals surface area (Å²) in [6, 6.07) is 0.385. The van der Waals surface area contributed by atoms with Gasteiger partial charge in [0.25, 0.3) is 0 Å². The Morgan fingerprint density at radius 1 is 1.11 bits per heavy atom. The zero-order chi connectivity index (χ0) is 13.9. The zero-order valence-corrected chi connectivity index (χ0v) is 11.8. The van der Waals surface area contributed by atoms with Crippen LogP contribution < -0.4 is 0 Å². The van der Waals surface area contributed by atoms with Crippen LogP contribution in [0.3, 0.4) is 0 Å². The summed E-state index contributed by atoms with van der Waals surface area (Å²) in [5.74, 6) is 0.785. The average Bonchev–Trinajstić information content (AvgIpc) is 2.44. The highest BCUT2D eigenvalue weighted by molar-refractivity contribution is 5.33. The number of unbranched alkanes of at least 4 members (excludes halogenated alkanes) is 1. The Hall–Kier alpha value is -1.24. The molecule has 106 valence electrons. The van der Waals surface area contributed by atoms with Crippen molar-refractivity contribution in [2.45, 2.75) is 76.8 Å². The molecular weight excluding hydrogens is 240 g/mol. The summed E-state index contributed by atoms with van der Waals surface area (Å²) in [6.07, 6.45) is 13.3. The van der Waals surface area contributed by atoms with Gasteiger partial charge in [-0.05, 0) is 44.4 Å². The van der Waals surface area contributed by atoms with Crippen LogP contribution in [0.2, 0.25) is 0 Å². The number of carbonyl (C=O) groups excluding carboxylic acids is 2. The summed E-state index contributed by atoms with van der Waals surface area (Å²) >= 11 is 0. The third-order valence-electron chi connectivity index (χ3n) is 4.16. The van der Waals surface area contributed by atoms with Gasteiger partial charge in [-0.25, -0.2) is 19.6 Å². The van der Waals surface area contributed by atoms with Crippen LogP contribution in [0.4, 0.5) is 0 Å². The van der Waals surface area contributed by atoms with Crippen molar-refractivity contribution in [3.63, 3.8) is 0 Å². The lowest BCUT2D eigenvalue weighted by Crippen LogP contribution is -2.17. The Balaban J connectivity index is 2.10. The highest BCUT2D eigenvalue weighted by Crippen LogP contribution is 2.29. The normalized spacial score (nSPS) is 24.1. The van der Waals surface area contributed by atoms with Crippen molar-refractivity contribution < 1.29 is 9.59 Å². The molecule has 0 aliphatic heterocycles. The van der Waals surface area contributed by atoms with Gasteiger partial charge < -0.3 is 0 Å². The van der Waals surface area contributed by atoms with Crippen LogP contribution in [-0.4, -0.2) is 24.2 Å². The molecule has 0 bridgehead atoms. The van der Waals surface area contributed by atoms with Gasteiger partial charge in [0.1, 0.15) is 0 Å². The minimum absolute atomic E-state index is 0.162. The van der Waals surface area contributed by atoms with Crippen molar-refractivity contribution in [1.29, 1.82) is 0 Å².